The number of cyclic esters (lactones) is 1. The molecule has 2 aliphatic heterocycles. The van der Waals surface area contributed by atoms with Gasteiger partial charge in [0.1, 0.15) is 6.07 Å². The van der Waals surface area contributed by atoms with E-state index in [-0.39, 0.29) is 6.04 Å². The zero-order valence-electron chi connectivity index (χ0n) is 8.18. The first kappa shape index (κ1) is 9.67. The van der Waals surface area contributed by atoms with Gasteiger partial charge in [0.25, 0.3) is 0 Å². The normalized spacial score (nSPS) is 26.0. The summed E-state index contributed by atoms with van der Waals surface area (Å²) >= 11 is 3.39. The number of ether oxygens (including phenoxy) is 1. The molecular formula is C11H7BrN2O2. The van der Waals surface area contributed by atoms with Crippen molar-refractivity contribution in [2.24, 2.45) is 0 Å². The maximum atomic E-state index is 11.6. The lowest BCUT2D eigenvalue weighted by molar-refractivity contribution is 0.156. The van der Waals surface area contributed by atoms with Crippen molar-refractivity contribution in [1.82, 2.24) is 0 Å². The Morgan fingerprint density at radius 1 is 1.56 bits per heavy atom. The minimum atomic E-state index is -0.654. The van der Waals surface area contributed by atoms with Gasteiger partial charge in [-0.3, -0.25) is 4.90 Å². The molecule has 0 saturated carbocycles. The van der Waals surface area contributed by atoms with Crippen molar-refractivity contribution in [3.8, 4) is 6.07 Å². The largest absolute Gasteiger partial charge is 0.428 e. The third kappa shape index (κ3) is 1.17. The average molecular weight is 279 g/mol. The van der Waals surface area contributed by atoms with Gasteiger partial charge in [-0.15, -0.1) is 0 Å². The number of halogens is 1. The van der Waals surface area contributed by atoms with Gasteiger partial charge in [-0.2, -0.15) is 5.26 Å². The molecule has 0 spiro atoms. The Bertz CT molecular complexity index is 523. The number of benzene rings is 1. The second kappa shape index (κ2) is 3.22. The molecule has 0 unspecified atom stereocenters. The molecule has 2 aliphatic rings. The number of hydrogen-bond donors (Lipinski definition) is 0. The molecule has 0 aromatic heterocycles. The summed E-state index contributed by atoms with van der Waals surface area (Å²) in [7, 11) is 0. The van der Waals surface area contributed by atoms with Crippen LogP contribution >= 0.6 is 15.9 Å². The number of nitrogens with zero attached hydrogens (tertiary/aromatic N) is 2. The first-order valence-electron chi connectivity index (χ1n) is 4.88. The maximum absolute atomic E-state index is 11.6. The molecule has 3 rings (SSSR count). The highest BCUT2D eigenvalue weighted by molar-refractivity contribution is 9.10. The Labute approximate surface area is 101 Å². The van der Waals surface area contributed by atoms with Crippen molar-refractivity contribution >= 4 is 27.7 Å². The number of nitriles is 1. The summed E-state index contributed by atoms with van der Waals surface area (Å²) in [6.07, 6.45) is -0.394. The molecule has 2 heterocycles. The summed E-state index contributed by atoms with van der Waals surface area (Å²) < 4.78 is 5.96. The van der Waals surface area contributed by atoms with Gasteiger partial charge < -0.3 is 4.74 Å². The van der Waals surface area contributed by atoms with E-state index in [4.69, 9.17) is 10.00 Å². The molecule has 16 heavy (non-hydrogen) atoms. The smallest absolute Gasteiger partial charge is 0.416 e. The van der Waals surface area contributed by atoms with E-state index >= 15 is 0 Å². The number of amides is 1. The van der Waals surface area contributed by atoms with Crippen LogP contribution in [0.4, 0.5) is 10.5 Å². The van der Waals surface area contributed by atoms with Crippen molar-refractivity contribution in [2.45, 2.75) is 18.6 Å². The Balaban J connectivity index is 2.08. The quantitative estimate of drug-likeness (QED) is 0.731. The van der Waals surface area contributed by atoms with Gasteiger partial charge in [0.05, 0.1) is 11.7 Å². The van der Waals surface area contributed by atoms with Gasteiger partial charge in [0.2, 0.25) is 6.10 Å². The molecule has 1 saturated heterocycles. The monoisotopic (exact) mass is 278 g/mol. The van der Waals surface area contributed by atoms with E-state index in [9.17, 15) is 4.79 Å². The van der Waals surface area contributed by atoms with E-state index in [0.29, 0.717) is 6.42 Å². The molecule has 2 atom stereocenters. The molecule has 4 nitrogen and oxygen atoms in total. The van der Waals surface area contributed by atoms with Crippen molar-refractivity contribution in [2.75, 3.05) is 4.90 Å². The van der Waals surface area contributed by atoms with Crippen molar-refractivity contribution in [1.29, 1.82) is 5.26 Å². The van der Waals surface area contributed by atoms with Crippen LogP contribution in [-0.2, 0) is 11.2 Å². The van der Waals surface area contributed by atoms with Crippen LogP contribution in [-0.4, -0.2) is 18.2 Å². The van der Waals surface area contributed by atoms with Gasteiger partial charge in [0.15, 0.2) is 0 Å². The first-order chi connectivity index (χ1) is 7.70. The third-order valence-electron chi connectivity index (χ3n) is 2.96. The summed E-state index contributed by atoms with van der Waals surface area (Å²) in [5.74, 6) is 0. The molecule has 1 fully saturated rings. The molecule has 0 aliphatic carbocycles. The first-order valence-corrected chi connectivity index (χ1v) is 5.68. The lowest BCUT2D eigenvalue weighted by Crippen LogP contribution is -2.32. The van der Waals surface area contributed by atoms with Crippen LogP contribution in [0, 0.1) is 11.3 Å². The number of carbonyl (C=O) groups is 1. The molecule has 0 radical (unpaired) electrons. The van der Waals surface area contributed by atoms with Crippen molar-refractivity contribution in [3.63, 3.8) is 0 Å². The lowest BCUT2D eigenvalue weighted by Gasteiger charge is -2.12. The molecule has 1 aromatic rings. The fraction of sp³-hybridized carbons (Fsp3) is 0.273. The van der Waals surface area contributed by atoms with Gasteiger partial charge in [-0.05, 0) is 23.8 Å². The van der Waals surface area contributed by atoms with Crippen LogP contribution in [0.1, 0.15) is 5.56 Å². The predicted molar refractivity (Wildman–Crippen MR) is 60.0 cm³/mol. The van der Waals surface area contributed by atoms with Crippen LogP contribution in [0.5, 0.6) is 0 Å². The summed E-state index contributed by atoms with van der Waals surface area (Å²) in [5.41, 5.74) is 1.94. The van der Waals surface area contributed by atoms with Crippen LogP contribution in [0.25, 0.3) is 0 Å². The van der Waals surface area contributed by atoms with E-state index in [1.54, 1.807) is 4.90 Å². The Morgan fingerprint density at radius 2 is 2.38 bits per heavy atom. The maximum Gasteiger partial charge on any atom is 0.416 e. The minimum absolute atomic E-state index is 0.165. The molecule has 0 bridgehead atoms. The average Bonchev–Trinajstić information content (AvgIpc) is 2.76. The highest BCUT2D eigenvalue weighted by atomic mass is 79.9. The second-order valence-electron chi connectivity index (χ2n) is 3.85. The molecule has 1 amide bonds. The number of carbonyl (C=O) groups excluding carboxylic acids is 1. The minimum Gasteiger partial charge on any atom is -0.428 e. The summed E-state index contributed by atoms with van der Waals surface area (Å²) in [4.78, 5) is 13.2. The van der Waals surface area contributed by atoms with Crippen LogP contribution in [0.2, 0.25) is 0 Å². The van der Waals surface area contributed by atoms with Gasteiger partial charge in [-0.25, -0.2) is 4.79 Å². The number of anilines is 1. The van der Waals surface area contributed by atoms with Crippen molar-refractivity contribution in [3.05, 3.63) is 28.2 Å². The second-order valence-corrected chi connectivity index (χ2v) is 4.76. The highest BCUT2D eigenvalue weighted by Crippen LogP contribution is 2.39. The topological polar surface area (TPSA) is 53.3 Å². The fourth-order valence-corrected chi connectivity index (χ4v) is 2.69. The summed E-state index contributed by atoms with van der Waals surface area (Å²) in [6, 6.07) is 7.59. The van der Waals surface area contributed by atoms with Gasteiger partial charge in [-0.1, -0.05) is 15.9 Å². The van der Waals surface area contributed by atoms with E-state index in [0.717, 1.165) is 15.7 Å². The van der Waals surface area contributed by atoms with E-state index in [1.807, 2.05) is 24.3 Å². The fourth-order valence-electron chi connectivity index (χ4n) is 2.28. The number of fused-ring (bicyclic) bond motifs is 3. The highest BCUT2D eigenvalue weighted by Gasteiger charge is 2.47. The number of hydrogen-bond acceptors (Lipinski definition) is 3. The van der Waals surface area contributed by atoms with Crippen LogP contribution in [0.15, 0.2) is 22.7 Å². The summed E-state index contributed by atoms with van der Waals surface area (Å²) in [5, 5.41) is 8.90. The zero-order valence-corrected chi connectivity index (χ0v) is 9.77. The number of rotatable bonds is 0. The van der Waals surface area contributed by atoms with Gasteiger partial charge in [0, 0.05) is 10.9 Å². The zero-order chi connectivity index (χ0) is 11.3. The molecule has 80 valence electrons. The van der Waals surface area contributed by atoms with E-state index in [2.05, 4.69) is 15.9 Å². The Morgan fingerprint density at radius 3 is 3.12 bits per heavy atom. The van der Waals surface area contributed by atoms with Crippen molar-refractivity contribution < 1.29 is 9.53 Å². The Kier molecular flexibility index (Phi) is 1.95. The lowest BCUT2D eigenvalue weighted by atomic mass is 10.1. The molecular weight excluding hydrogens is 272 g/mol. The SMILES string of the molecule is N#C[C@@H]1OC(=O)N2c3ccc(Br)cc3C[C@@H]12. The molecule has 0 N–H and O–H groups in total. The van der Waals surface area contributed by atoms with Crippen LogP contribution in [0.3, 0.4) is 0 Å². The van der Waals surface area contributed by atoms with Crippen LogP contribution < -0.4 is 4.90 Å². The van der Waals surface area contributed by atoms with E-state index < -0.39 is 12.2 Å². The third-order valence-corrected chi connectivity index (χ3v) is 3.46. The molecule has 1 aromatic carbocycles. The molecule has 5 heteroatoms. The Hall–Kier alpha value is -1.54. The van der Waals surface area contributed by atoms with E-state index in [1.165, 1.54) is 0 Å². The predicted octanol–water partition coefficient (Wildman–Crippen LogP) is 2.22. The standard InChI is InChI=1S/C11H7BrN2O2/c12-7-1-2-8-6(3-7)4-9-10(5-13)16-11(15)14(8)9/h1-3,9-10H,4H2/t9-,10-/m0/s1. The van der Waals surface area contributed by atoms with Gasteiger partial charge >= 0.3 is 6.09 Å². The summed E-state index contributed by atoms with van der Waals surface area (Å²) in [6.45, 7) is 0.